The zero-order valence-corrected chi connectivity index (χ0v) is 11.4. The predicted molar refractivity (Wildman–Crippen MR) is 81.5 cm³/mol. The van der Waals surface area contributed by atoms with Crippen molar-refractivity contribution in [2.45, 2.75) is 27.2 Å². The summed E-state index contributed by atoms with van der Waals surface area (Å²) in [5, 5.41) is 0. The Bertz CT molecular complexity index is 552. The van der Waals surface area contributed by atoms with Gasteiger partial charge in [-0.1, -0.05) is 48.6 Å². The Morgan fingerprint density at radius 1 is 1.11 bits per heavy atom. The van der Waals surface area contributed by atoms with Crippen molar-refractivity contribution >= 4 is 11.6 Å². The van der Waals surface area contributed by atoms with Gasteiger partial charge in [-0.05, 0) is 61.1 Å². The van der Waals surface area contributed by atoms with Gasteiger partial charge in [0.15, 0.2) is 0 Å². The van der Waals surface area contributed by atoms with Gasteiger partial charge in [-0.15, -0.1) is 0 Å². The molecule has 0 radical (unpaired) electrons. The molecule has 92 valence electrons. The number of fused-ring (bicyclic) bond motifs is 1. The van der Waals surface area contributed by atoms with Crippen molar-refractivity contribution in [3.05, 3.63) is 70.8 Å². The van der Waals surface area contributed by atoms with E-state index in [1.807, 2.05) is 0 Å². The lowest BCUT2D eigenvalue weighted by Gasteiger charge is -2.14. The van der Waals surface area contributed by atoms with Gasteiger partial charge >= 0.3 is 0 Å². The summed E-state index contributed by atoms with van der Waals surface area (Å²) in [6.45, 7) is 6.35. The number of rotatable bonds is 1. The number of hydrogen-bond donors (Lipinski definition) is 0. The van der Waals surface area contributed by atoms with Gasteiger partial charge in [0.1, 0.15) is 0 Å². The molecule has 0 atom stereocenters. The highest BCUT2D eigenvalue weighted by atomic mass is 14.1. The minimum absolute atomic E-state index is 1.01. The second-order valence-electron chi connectivity index (χ2n) is 4.60. The van der Waals surface area contributed by atoms with Crippen LogP contribution in [-0.4, -0.2) is 0 Å². The highest BCUT2D eigenvalue weighted by molar-refractivity contribution is 5.78. The summed E-state index contributed by atoms with van der Waals surface area (Å²) in [4.78, 5) is 0. The zero-order chi connectivity index (χ0) is 13.0. The minimum Gasteiger partial charge on any atom is -0.0871 e. The molecular weight excluding hydrogens is 216 g/mol. The van der Waals surface area contributed by atoms with Gasteiger partial charge < -0.3 is 0 Å². The summed E-state index contributed by atoms with van der Waals surface area (Å²) in [6.07, 6.45) is 16.1. The third-order valence-electron chi connectivity index (χ3n) is 3.32. The van der Waals surface area contributed by atoms with Gasteiger partial charge in [0, 0.05) is 0 Å². The number of benzene rings is 1. The minimum atomic E-state index is 1.01. The Morgan fingerprint density at radius 3 is 2.67 bits per heavy atom. The van der Waals surface area contributed by atoms with Crippen molar-refractivity contribution in [2.75, 3.05) is 0 Å². The Hall–Kier alpha value is -1.82. The highest BCUT2D eigenvalue weighted by Crippen LogP contribution is 2.27. The molecule has 0 aromatic heterocycles. The van der Waals surface area contributed by atoms with Crippen LogP contribution in [0.1, 0.15) is 36.1 Å². The van der Waals surface area contributed by atoms with Gasteiger partial charge in [-0.2, -0.15) is 0 Å². The second kappa shape index (κ2) is 5.68. The first-order chi connectivity index (χ1) is 8.76. The topological polar surface area (TPSA) is 0 Å². The molecule has 0 amide bonds. The molecule has 0 fully saturated rings. The molecule has 0 heterocycles. The van der Waals surface area contributed by atoms with Crippen molar-refractivity contribution in [3.63, 3.8) is 0 Å². The number of hydrogen-bond acceptors (Lipinski definition) is 0. The first-order valence-corrected chi connectivity index (χ1v) is 6.52. The van der Waals surface area contributed by atoms with E-state index in [1.54, 1.807) is 0 Å². The molecule has 1 aromatic rings. The van der Waals surface area contributed by atoms with Gasteiger partial charge in [0.2, 0.25) is 0 Å². The molecule has 0 aliphatic heterocycles. The number of allylic oxidation sites excluding steroid dienone is 7. The van der Waals surface area contributed by atoms with Crippen molar-refractivity contribution in [1.82, 2.24) is 0 Å². The van der Waals surface area contributed by atoms with Crippen LogP contribution in [0.3, 0.4) is 0 Å². The fourth-order valence-electron chi connectivity index (χ4n) is 2.36. The van der Waals surface area contributed by atoms with Crippen LogP contribution in [-0.2, 0) is 6.42 Å². The zero-order valence-electron chi connectivity index (χ0n) is 11.4. The monoisotopic (exact) mass is 236 g/mol. The summed E-state index contributed by atoms with van der Waals surface area (Å²) in [5.74, 6) is 0. The smallest absolute Gasteiger partial charge is 0.00881 e. The average molecular weight is 236 g/mol. The van der Waals surface area contributed by atoms with Gasteiger partial charge in [-0.25, -0.2) is 0 Å². The fraction of sp³-hybridized carbons (Fsp3) is 0.222. The number of aryl methyl sites for hydroxylation is 1. The molecule has 1 aromatic carbocycles. The molecule has 0 saturated heterocycles. The third-order valence-corrected chi connectivity index (χ3v) is 3.32. The highest BCUT2D eigenvalue weighted by Gasteiger charge is 2.08. The van der Waals surface area contributed by atoms with Crippen LogP contribution in [0.15, 0.2) is 48.6 Å². The Labute approximate surface area is 110 Å². The molecule has 0 N–H and O–H groups in total. The lowest BCUT2D eigenvalue weighted by Crippen LogP contribution is -1.96. The summed E-state index contributed by atoms with van der Waals surface area (Å²) in [6, 6.07) is 4.63. The second-order valence-corrected chi connectivity index (χ2v) is 4.60. The van der Waals surface area contributed by atoms with E-state index >= 15 is 0 Å². The van der Waals surface area contributed by atoms with Gasteiger partial charge in [0.05, 0.1) is 0 Å². The molecule has 0 bridgehead atoms. The first-order valence-electron chi connectivity index (χ1n) is 6.52. The Kier molecular flexibility index (Phi) is 3.99. The van der Waals surface area contributed by atoms with Crippen molar-refractivity contribution in [1.29, 1.82) is 0 Å². The normalized spacial score (nSPS) is 20.5. The molecular formula is C18H20. The van der Waals surface area contributed by atoms with Crippen LogP contribution in [0.5, 0.6) is 0 Å². The Morgan fingerprint density at radius 2 is 1.94 bits per heavy atom. The molecule has 0 spiro atoms. The maximum absolute atomic E-state index is 2.32. The standard InChI is InChI=1S/C18H20/c1-4-9-16-13-18-15(5-2)10-7-6-8-11-17(18)12-14(16)3/h4-10,12-13H,11H2,1-3H3/b8-6-,9-4-,10-7-,15-5-. The van der Waals surface area contributed by atoms with E-state index in [0.29, 0.717) is 0 Å². The SMILES string of the molecule is C/C=C\c1cc2c(cc1C)C\C=C/C=C\C2=C\C. The largest absolute Gasteiger partial charge is 0.0871 e. The van der Waals surface area contributed by atoms with Crippen molar-refractivity contribution in [2.24, 2.45) is 0 Å². The summed E-state index contributed by atoms with van der Waals surface area (Å²) >= 11 is 0. The predicted octanol–water partition coefficient (Wildman–Crippen LogP) is 5.10. The van der Waals surface area contributed by atoms with Crippen LogP contribution in [0.25, 0.3) is 11.6 Å². The molecule has 0 unspecified atom stereocenters. The van der Waals surface area contributed by atoms with Gasteiger partial charge in [-0.3, -0.25) is 0 Å². The van der Waals surface area contributed by atoms with Crippen LogP contribution in [0.4, 0.5) is 0 Å². The van der Waals surface area contributed by atoms with Gasteiger partial charge in [0.25, 0.3) is 0 Å². The summed E-state index contributed by atoms with van der Waals surface area (Å²) in [7, 11) is 0. The lowest BCUT2D eigenvalue weighted by molar-refractivity contribution is 1.22. The molecule has 0 nitrogen and oxygen atoms in total. The lowest BCUT2D eigenvalue weighted by atomic mass is 9.91. The average Bonchev–Trinajstić information content (AvgIpc) is 2.34. The van der Waals surface area contributed by atoms with Crippen LogP contribution in [0, 0.1) is 6.92 Å². The van der Waals surface area contributed by atoms with Crippen molar-refractivity contribution in [3.8, 4) is 0 Å². The quantitative estimate of drug-likeness (QED) is 0.636. The first kappa shape index (κ1) is 12.6. The van der Waals surface area contributed by atoms with E-state index in [9.17, 15) is 0 Å². The molecule has 1 aliphatic rings. The van der Waals surface area contributed by atoms with E-state index in [2.05, 4.69) is 75.4 Å². The van der Waals surface area contributed by atoms with Crippen LogP contribution >= 0.6 is 0 Å². The maximum Gasteiger partial charge on any atom is -0.00881 e. The molecule has 18 heavy (non-hydrogen) atoms. The maximum atomic E-state index is 2.32. The van der Waals surface area contributed by atoms with Crippen LogP contribution in [0.2, 0.25) is 0 Å². The van der Waals surface area contributed by atoms with E-state index in [-0.39, 0.29) is 0 Å². The Balaban J connectivity index is 2.63. The van der Waals surface area contributed by atoms with E-state index < -0.39 is 0 Å². The van der Waals surface area contributed by atoms with Crippen LogP contribution < -0.4 is 0 Å². The van der Waals surface area contributed by atoms with E-state index in [4.69, 9.17) is 0 Å². The fourth-order valence-corrected chi connectivity index (χ4v) is 2.36. The van der Waals surface area contributed by atoms with Crippen molar-refractivity contribution < 1.29 is 0 Å². The van der Waals surface area contributed by atoms with E-state index in [0.717, 1.165) is 6.42 Å². The molecule has 2 rings (SSSR count). The third kappa shape index (κ3) is 2.53. The molecule has 0 heteroatoms. The van der Waals surface area contributed by atoms with E-state index in [1.165, 1.54) is 27.8 Å². The summed E-state index contributed by atoms with van der Waals surface area (Å²) < 4.78 is 0. The molecule has 0 saturated carbocycles. The molecule has 1 aliphatic carbocycles. The summed E-state index contributed by atoms with van der Waals surface area (Å²) in [5.41, 5.74) is 6.74.